The molecule has 1 aromatic heterocycles. The molecule has 2 heterocycles. The topological polar surface area (TPSA) is 69.2 Å². The first-order chi connectivity index (χ1) is 13.0. The summed E-state index contributed by atoms with van der Waals surface area (Å²) < 4.78 is 14.6. The van der Waals surface area contributed by atoms with E-state index in [4.69, 9.17) is 11.6 Å². The van der Waals surface area contributed by atoms with Crippen molar-refractivity contribution in [3.05, 3.63) is 82.8 Å². The van der Waals surface area contributed by atoms with Gasteiger partial charge in [-0.15, -0.1) is 6.58 Å². The van der Waals surface area contributed by atoms with Crippen LogP contribution in [0.15, 0.2) is 55.1 Å². The second-order valence-electron chi connectivity index (χ2n) is 6.19. The molecule has 1 aliphatic rings. The number of fused-ring (bicyclic) bond motifs is 1. The van der Waals surface area contributed by atoms with Gasteiger partial charge in [0.2, 0.25) is 0 Å². The number of hydrogen-bond acceptors (Lipinski definition) is 3. The average Bonchev–Trinajstić information content (AvgIpc) is 3.18. The SMILES string of the molecule is C=CCN1C(=O)c2[nH]nc(-c3cc(Cl)ccc3O)c2C1c1ccccc1F. The molecule has 7 heteroatoms. The number of hydrogen-bond donors (Lipinski definition) is 2. The van der Waals surface area contributed by atoms with Gasteiger partial charge < -0.3 is 10.0 Å². The second-order valence-corrected chi connectivity index (χ2v) is 6.63. The summed E-state index contributed by atoms with van der Waals surface area (Å²) in [5.41, 5.74) is 1.84. The predicted molar refractivity (Wildman–Crippen MR) is 100 cm³/mol. The number of amides is 1. The third-order valence-electron chi connectivity index (χ3n) is 4.60. The molecule has 5 nitrogen and oxygen atoms in total. The zero-order valence-corrected chi connectivity index (χ0v) is 14.9. The Morgan fingerprint density at radius 1 is 1.33 bits per heavy atom. The number of carbonyl (C=O) groups is 1. The van der Waals surface area contributed by atoms with Crippen LogP contribution in [0.5, 0.6) is 5.75 Å². The van der Waals surface area contributed by atoms with Crippen molar-refractivity contribution in [2.75, 3.05) is 6.54 Å². The van der Waals surface area contributed by atoms with Gasteiger partial charge in [-0.05, 0) is 24.3 Å². The van der Waals surface area contributed by atoms with Gasteiger partial charge in [0.25, 0.3) is 5.91 Å². The van der Waals surface area contributed by atoms with Crippen LogP contribution in [0.3, 0.4) is 0 Å². The molecule has 1 aliphatic heterocycles. The van der Waals surface area contributed by atoms with Gasteiger partial charge in [0.15, 0.2) is 0 Å². The van der Waals surface area contributed by atoms with E-state index >= 15 is 0 Å². The van der Waals surface area contributed by atoms with Crippen molar-refractivity contribution < 1.29 is 14.3 Å². The van der Waals surface area contributed by atoms with E-state index in [2.05, 4.69) is 16.8 Å². The molecular weight excluding hydrogens is 369 g/mol. The van der Waals surface area contributed by atoms with Crippen molar-refractivity contribution >= 4 is 17.5 Å². The first-order valence-electron chi connectivity index (χ1n) is 8.26. The molecule has 2 N–H and O–H groups in total. The lowest BCUT2D eigenvalue weighted by molar-refractivity contribution is 0.0763. The number of phenolic OH excluding ortho intramolecular Hbond substituents is 1. The van der Waals surface area contributed by atoms with Crippen LogP contribution >= 0.6 is 11.6 Å². The van der Waals surface area contributed by atoms with Crippen molar-refractivity contribution in [3.63, 3.8) is 0 Å². The fourth-order valence-electron chi connectivity index (χ4n) is 3.45. The molecular formula is C20H15ClFN3O2. The zero-order valence-electron chi connectivity index (χ0n) is 14.1. The molecule has 0 radical (unpaired) electrons. The predicted octanol–water partition coefficient (Wildman–Crippen LogP) is 4.31. The fourth-order valence-corrected chi connectivity index (χ4v) is 3.62. The van der Waals surface area contributed by atoms with Crippen molar-refractivity contribution in [2.45, 2.75) is 6.04 Å². The highest BCUT2D eigenvalue weighted by atomic mass is 35.5. The number of nitrogens with one attached hydrogen (secondary N) is 1. The van der Waals surface area contributed by atoms with E-state index < -0.39 is 11.9 Å². The van der Waals surface area contributed by atoms with E-state index in [-0.39, 0.29) is 23.9 Å². The molecule has 0 saturated carbocycles. The lowest BCUT2D eigenvalue weighted by Gasteiger charge is -2.25. The zero-order chi connectivity index (χ0) is 19.1. The van der Waals surface area contributed by atoms with E-state index in [0.29, 0.717) is 27.4 Å². The van der Waals surface area contributed by atoms with Crippen molar-refractivity contribution in [3.8, 4) is 17.0 Å². The Kier molecular flexibility index (Phi) is 4.20. The standard InChI is InChI=1S/C20H15ClFN3O2/c1-2-9-25-19(12-5-3-4-6-14(12)22)16-17(23-24-18(16)20(25)27)13-10-11(21)7-8-15(13)26/h2-8,10,19,26H,1,9H2,(H,23,24). The van der Waals surface area contributed by atoms with Crippen LogP contribution in [0.25, 0.3) is 11.3 Å². The minimum absolute atomic E-state index is 0.0318. The number of benzene rings is 2. The highest BCUT2D eigenvalue weighted by Crippen LogP contribution is 2.45. The molecule has 0 aliphatic carbocycles. The van der Waals surface area contributed by atoms with Crippen molar-refractivity contribution in [1.29, 1.82) is 0 Å². The largest absolute Gasteiger partial charge is 0.507 e. The summed E-state index contributed by atoms with van der Waals surface area (Å²) in [6.07, 6.45) is 1.58. The van der Waals surface area contributed by atoms with Crippen LogP contribution in [-0.4, -0.2) is 32.7 Å². The molecule has 1 amide bonds. The number of nitrogens with zero attached hydrogens (tertiary/aromatic N) is 2. The Morgan fingerprint density at radius 3 is 2.85 bits per heavy atom. The number of rotatable bonds is 4. The third kappa shape index (κ3) is 2.69. The molecule has 0 saturated heterocycles. The van der Waals surface area contributed by atoms with E-state index in [0.717, 1.165) is 0 Å². The van der Waals surface area contributed by atoms with Gasteiger partial charge in [0.05, 0.1) is 6.04 Å². The van der Waals surface area contributed by atoms with Gasteiger partial charge >= 0.3 is 0 Å². The lowest BCUT2D eigenvalue weighted by atomic mass is 9.95. The van der Waals surface area contributed by atoms with Gasteiger partial charge in [-0.2, -0.15) is 5.10 Å². The summed E-state index contributed by atoms with van der Waals surface area (Å²) in [6, 6.07) is 10.2. The van der Waals surface area contributed by atoms with Crippen LogP contribution < -0.4 is 0 Å². The normalized spacial score (nSPS) is 15.9. The minimum atomic E-state index is -0.696. The maximum Gasteiger partial charge on any atom is 0.273 e. The van der Waals surface area contributed by atoms with Gasteiger partial charge in [-0.3, -0.25) is 9.89 Å². The van der Waals surface area contributed by atoms with Crippen LogP contribution in [0, 0.1) is 5.82 Å². The molecule has 1 atom stereocenters. The van der Waals surface area contributed by atoms with Crippen LogP contribution in [0.2, 0.25) is 5.02 Å². The molecule has 1 unspecified atom stereocenters. The van der Waals surface area contributed by atoms with Gasteiger partial charge in [-0.1, -0.05) is 35.9 Å². The molecule has 27 heavy (non-hydrogen) atoms. The highest BCUT2D eigenvalue weighted by Gasteiger charge is 2.42. The van der Waals surface area contributed by atoms with Gasteiger partial charge in [0, 0.05) is 28.3 Å². The number of H-pyrrole nitrogens is 1. The summed E-state index contributed by atoms with van der Waals surface area (Å²) in [7, 11) is 0. The Morgan fingerprint density at radius 2 is 2.11 bits per heavy atom. The highest BCUT2D eigenvalue weighted by molar-refractivity contribution is 6.31. The second kappa shape index (κ2) is 6.55. The summed E-state index contributed by atoms with van der Waals surface area (Å²) in [5, 5.41) is 17.7. The first kappa shape index (κ1) is 17.3. The summed E-state index contributed by atoms with van der Waals surface area (Å²) in [5.74, 6) is -0.770. The monoisotopic (exact) mass is 383 g/mol. The molecule has 0 bridgehead atoms. The number of phenols is 1. The molecule has 4 rings (SSSR count). The number of aromatic hydroxyl groups is 1. The van der Waals surface area contributed by atoms with Gasteiger partial charge in [-0.25, -0.2) is 4.39 Å². The van der Waals surface area contributed by atoms with Gasteiger partial charge in [0.1, 0.15) is 23.0 Å². The molecule has 136 valence electrons. The Hall–Kier alpha value is -3.12. The Labute approximate surface area is 159 Å². The van der Waals surface area contributed by atoms with E-state index in [1.165, 1.54) is 17.0 Å². The van der Waals surface area contributed by atoms with Crippen LogP contribution in [0.4, 0.5) is 4.39 Å². The summed E-state index contributed by atoms with van der Waals surface area (Å²) >= 11 is 6.07. The number of halogens is 2. The molecule has 3 aromatic rings. The lowest BCUT2D eigenvalue weighted by Crippen LogP contribution is -2.30. The number of aromatic amines is 1. The fraction of sp³-hybridized carbons (Fsp3) is 0.100. The Balaban J connectivity index is 1.97. The number of aromatic nitrogens is 2. The van der Waals surface area contributed by atoms with E-state index in [1.807, 2.05) is 0 Å². The smallest absolute Gasteiger partial charge is 0.273 e. The van der Waals surface area contributed by atoms with Crippen molar-refractivity contribution in [2.24, 2.45) is 0 Å². The first-order valence-corrected chi connectivity index (χ1v) is 8.64. The van der Waals surface area contributed by atoms with E-state index in [9.17, 15) is 14.3 Å². The molecule has 0 fully saturated rings. The number of carbonyl (C=O) groups excluding carboxylic acids is 1. The van der Waals surface area contributed by atoms with Crippen LogP contribution in [0.1, 0.15) is 27.7 Å². The Bertz CT molecular complexity index is 1060. The van der Waals surface area contributed by atoms with Crippen molar-refractivity contribution in [1.82, 2.24) is 15.1 Å². The maximum absolute atomic E-state index is 14.6. The van der Waals surface area contributed by atoms with Crippen LogP contribution in [-0.2, 0) is 0 Å². The quantitative estimate of drug-likeness (QED) is 0.660. The van der Waals surface area contributed by atoms with E-state index in [1.54, 1.807) is 36.4 Å². The summed E-state index contributed by atoms with van der Waals surface area (Å²) in [6.45, 7) is 3.93. The minimum Gasteiger partial charge on any atom is -0.507 e. The molecule has 2 aromatic carbocycles. The maximum atomic E-state index is 14.6. The molecule has 0 spiro atoms. The summed E-state index contributed by atoms with van der Waals surface area (Å²) in [4.78, 5) is 14.4. The average molecular weight is 384 g/mol. The third-order valence-corrected chi connectivity index (χ3v) is 4.84.